The minimum absolute atomic E-state index is 0.00966. The number of para-hydroxylation sites is 3. The van der Waals surface area contributed by atoms with Crippen LogP contribution in [0, 0.1) is 5.92 Å². The van der Waals surface area contributed by atoms with Crippen molar-refractivity contribution < 1.29 is 0 Å². The van der Waals surface area contributed by atoms with Gasteiger partial charge in [-0.3, -0.25) is 4.57 Å². The second kappa shape index (κ2) is 9.17. The monoisotopic (exact) mass is 602 g/mol. The highest BCUT2D eigenvalue weighted by molar-refractivity contribution is 6.10. The van der Waals surface area contributed by atoms with Gasteiger partial charge in [0.1, 0.15) is 0 Å². The maximum Gasteiger partial charge on any atom is 0.235 e. The molecule has 3 heterocycles. The summed E-state index contributed by atoms with van der Waals surface area (Å²) in [4.78, 5) is 12.5. The van der Waals surface area contributed by atoms with Crippen LogP contribution in [0.15, 0.2) is 151 Å². The highest BCUT2D eigenvalue weighted by Gasteiger charge is 2.74. The Morgan fingerprint density at radius 2 is 1.53 bits per heavy atom. The second-order valence-corrected chi connectivity index (χ2v) is 13.3. The van der Waals surface area contributed by atoms with Gasteiger partial charge in [-0.05, 0) is 77.1 Å². The number of rotatable bonds is 3. The molecule has 1 saturated carbocycles. The van der Waals surface area contributed by atoms with E-state index in [4.69, 9.17) is 9.97 Å². The summed E-state index contributed by atoms with van der Waals surface area (Å²) in [5.74, 6) is 1.18. The van der Waals surface area contributed by atoms with Crippen LogP contribution in [-0.4, -0.2) is 20.6 Å². The van der Waals surface area contributed by atoms with Crippen LogP contribution < -0.4 is 4.90 Å². The molecule has 5 aromatic carbocycles. The van der Waals surface area contributed by atoms with Crippen molar-refractivity contribution in [3.63, 3.8) is 0 Å². The van der Waals surface area contributed by atoms with E-state index in [2.05, 4.69) is 137 Å². The first kappa shape index (κ1) is 25.5. The number of fused-ring (bicyclic) bond motifs is 6. The largest absolute Gasteiger partial charge is 0.340 e. The van der Waals surface area contributed by atoms with E-state index in [1.165, 1.54) is 50.0 Å². The van der Waals surface area contributed by atoms with Crippen LogP contribution >= 0.6 is 0 Å². The fourth-order valence-electron chi connectivity index (χ4n) is 9.15. The van der Waals surface area contributed by atoms with Gasteiger partial charge in [-0.1, -0.05) is 103 Å². The average molecular weight is 603 g/mol. The van der Waals surface area contributed by atoms with Gasteiger partial charge >= 0.3 is 0 Å². The predicted octanol–water partition coefficient (Wildman–Crippen LogP) is 9.64. The molecule has 0 radical (unpaired) electrons. The summed E-state index contributed by atoms with van der Waals surface area (Å²) >= 11 is 0. The highest BCUT2D eigenvalue weighted by atomic mass is 15.3. The van der Waals surface area contributed by atoms with E-state index in [-0.39, 0.29) is 5.41 Å². The lowest BCUT2D eigenvalue weighted by Gasteiger charge is -2.30. The number of hydrogen-bond donors (Lipinski definition) is 0. The molecule has 4 nitrogen and oxygen atoms in total. The van der Waals surface area contributed by atoms with E-state index in [0.717, 1.165) is 34.8 Å². The maximum absolute atomic E-state index is 4.99. The first-order chi connectivity index (χ1) is 23.3. The van der Waals surface area contributed by atoms with Gasteiger partial charge in [0.15, 0.2) is 0 Å². The molecule has 3 atom stereocenters. The van der Waals surface area contributed by atoms with Gasteiger partial charge in [-0.2, -0.15) is 0 Å². The van der Waals surface area contributed by atoms with Crippen molar-refractivity contribution in [2.45, 2.75) is 24.3 Å². The molecule has 1 aliphatic heterocycles. The number of allylic oxidation sites excluding steroid dienone is 3. The van der Waals surface area contributed by atoms with Crippen LogP contribution in [0.3, 0.4) is 0 Å². The smallest absolute Gasteiger partial charge is 0.235 e. The van der Waals surface area contributed by atoms with Gasteiger partial charge in [-0.25, -0.2) is 9.97 Å². The molecule has 1 fully saturated rings. The first-order valence-electron chi connectivity index (χ1n) is 16.6. The molecule has 1 spiro atoms. The van der Waals surface area contributed by atoms with Crippen molar-refractivity contribution in [1.82, 2.24) is 14.5 Å². The topological polar surface area (TPSA) is 34.0 Å². The van der Waals surface area contributed by atoms with E-state index in [1.54, 1.807) is 0 Å². The second-order valence-electron chi connectivity index (χ2n) is 13.3. The number of anilines is 1. The van der Waals surface area contributed by atoms with Crippen molar-refractivity contribution in [1.29, 1.82) is 0 Å². The van der Waals surface area contributed by atoms with Gasteiger partial charge in [0.2, 0.25) is 5.95 Å². The van der Waals surface area contributed by atoms with Gasteiger partial charge < -0.3 is 4.90 Å². The van der Waals surface area contributed by atoms with Crippen LogP contribution in [0.4, 0.5) is 5.69 Å². The maximum atomic E-state index is 4.99. The molecule has 4 heteroatoms. The third kappa shape index (κ3) is 3.32. The van der Waals surface area contributed by atoms with Crippen molar-refractivity contribution in [2.75, 3.05) is 4.90 Å². The molecule has 4 aliphatic rings. The number of hydrogen-bond acceptors (Lipinski definition) is 3. The molecule has 0 amide bonds. The van der Waals surface area contributed by atoms with E-state index >= 15 is 0 Å². The zero-order valence-electron chi connectivity index (χ0n) is 25.7. The molecular formula is C43H30N4. The molecule has 47 heavy (non-hydrogen) atoms. The van der Waals surface area contributed by atoms with E-state index in [9.17, 15) is 0 Å². The van der Waals surface area contributed by atoms with Crippen LogP contribution in [0.1, 0.15) is 29.5 Å². The quantitative estimate of drug-likeness (QED) is 0.202. The summed E-state index contributed by atoms with van der Waals surface area (Å²) < 4.78 is 2.22. The Balaban J connectivity index is 1.09. The summed E-state index contributed by atoms with van der Waals surface area (Å²) in [5.41, 5.74) is 13.1. The lowest BCUT2D eigenvalue weighted by atomic mass is 9.76. The fraction of sp³-hybridized carbons (Fsp3) is 0.116. The molecule has 0 N–H and O–H groups in total. The van der Waals surface area contributed by atoms with Crippen molar-refractivity contribution in [3.05, 3.63) is 168 Å². The minimum atomic E-state index is 0.00966. The number of aromatic nitrogens is 3. The Hall–Kier alpha value is -5.74. The number of nitrogens with zero attached hydrogens (tertiary/aromatic N) is 4. The molecule has 7 aromatic rings. The normalized spacial score (nSPS) is 22.3. The Bertz CT molecular complexity index is 2550. The minimum Gasteiger partial charge on any atom is -0.340 e. The molecule has 3 unspecified atom stereocenters. The zero-order chi connectivity index (χ0) is 30.7. The van der Waals surface area contributed by atoms with Gasteiger partial charge in [0, 0.05) is 39.7 Å². The Morgan fingerprint density at radius 1 is 0.723 bits per heavy atom. The summed E-state index contributed by atoms with van der Waals surface area (Å²) in [6, 6.07) is 44.4. The summed E-state index contributed by atoms with van der Waals surface area (Å²) in [6.45, 7) is 0. The molecule has 3 aliphatic carbocycles. The van der Waals surface area contributed by atoms with Gasteiger partial charge in [-0.15, -0.1) is 0 Å². The summed E-state index contributed by atoms with van der Waals surface area (Å²) in [5, 5.41) is 3.51. The Morgan fingerprint density at radius 3 is 2.49 bits per heavy atom. The zero-order valence-corrected chi connectivity index (χ0v) is 25.7. The van der Waals surface area contributed by atoms with Gasteiger partial charge in [0.05, 0.1) is 28.0 Å². The van der Waals surface area contributed by atoms with E-state index in [0.29, 0.717) is 17.9 Å². The fourth-order valence-corrected chi connectivity index (χ4v) is 9.15. The molecule has 0 bridgehead atoms. The molecule has 222 valence electrons. The van der Waals surface area contributed by atoms with Gasteiger partial charge in [0.25, 0.3) is 0 Å². The van der Waals surface area contributed by atoms with Crippen molar-refractivity contribution in [2.24, 2.45) is 5.92 Å². The van der Waals surface area contributed by atoms with Crippen molar-refractivity contribution >= 4 is 50.0 Å². The molecular weight excluding hydrogens is 573 g/mol. The standard InChI is InChI=1S/C43H30N4/c1-2-12-31(13-3-1)46-40-23-20-29(25-36(40)43-34-15-7-4-10-27(34)18-21-35(43)41(43)46)28-19-22-39-33(24-28)32-14-6-9-17-38(32)47(39)42-44-26-30-11-5-8-16-37(30)45-42/h1-19,21-22,24-26,35,41H,20,23H2. The Labute approximate surface area is 272 Å². The van der Waals surface area contributed by atoms with Crippen LogP contribution in [-0.2, 0) is 5.41 Å². The first-order valence-corrected chi connectivity index (χ1v) is 16.6. The average Bonchev–Trinajstić information content (AvgIpc) is 3.57. The predicted molar refractivity (Wildman–Crippen MR) is 191 cm³/mol. The Kier molecular flexibility index (Phi) is 4.97. The summed E-state index contributed by atoms with van der Waals surface area (Å²) in [7, 11) is 0. The molecule has 2 aromatic heterocycles. The number of benzene rings is 5. The lowest BCUT2D eigenvalue weighted by Crippen LogP contribution is -2.25. The molecule has 11 rings (SSSR count). The summed E-state index contributed by atoms with van der Waals surface area (Å²) in [6.07, 6.45) is 11.4. The van der Waals surface area contributed by atoms with E-state index in [1.807, 2.05) is 18.3 Å². The van der Waals surface area contributed by atoms with Crippen LogP contribution in [0.25, 0.3) is 50.3 Å². The van der Waals surface area contributed by atoms with E-state index < -0.39 is 0 Å². The van der Waals surface area contributed by atoms with Crippen molar-refractivity contribution in [3.8, 4) is 5.95 Å². The third-order valence-electron chi connectivity index (χ3n) is 11.1. The van der Waals surface area contributed by atoms with Crippen LogP contribution in [0.2, 0.25) is 0 Å². The third-order valence-corrected chi connectivity index (χ3v) is 11.1. The lowest BCUT2D eigenvalue weighted by molar-refractivity contribution is 0.766. The highest BCUT2D eigenvalue weighted by Crippen LogP contribution is 2.71. The molecule has 0 saturated heterocycles. The van der Waals surface area contributed by atoms with Crippen LogP contribution in [0.5, 0.6) is 0 Å². The SMILES string of the molecule is C1=CC2C3N(c4ccccc4)C4=C(C=C(c5ccc6c(c5)c5ccccc5n6-c5ncc6ccccc6n5)CC4)C23c2ccccc21.